The van der Waals surface area contributed by atoms with Gasteiger partial charge in [-0.25, -0.2) is 4.98 Å². The molecule has 3 heterocycles. The first-order chi connectivity index (χ1) is 14.8. The zero-order valence-electron chi connectivity index (χ0n) is 17.9. The van der Waals surface area contributed by atoms with Gasteiger partial charge in [0.1, 0.15) is 5.69 Å². The van der Waals surface area contributed by atoms with Crippen LogP contribution in [0.3, 0.4) is 0 Å². The maximum absolute atomic E-state index is 12.1. The molecule has 158 valence electrons. The molecule has 0 saturated carbocycles. The maximum Gasteiger partial charge on any atom is 0.268 e. The van der Waals surface area contributed by atoms with Crippen molar-refractivity contribution in [2.45, 2.75) is 39.8 Å². The number of hydrogen-bond donors (Lipinski definition) is 1. The molecule has 4 rings (SSSR count). The Morgan fingerprint density at radius 2 is 1.65 bits per heavy atom. The fourth-order valence-corrected chi connectivity index (χ4v) is 3.21. The van der Waals surface area contributed by atoms with Crippen LogP contribution in [0.25, 0.3) is 34.3 Å². The standard InChI is InChI=1S/C23H24N6O2/c1-13(2)29-12-18(9-10-20(29)30)19-11-25-15(4)21(26-19)23-28-27-22(31-23)17-7-5-16(6-8-17)14(3)24/h5-14H,24H2,1-4H3. The van der Waals surface area contributed by atoms with E-state index in [-0.39, 0.29) is 23.5 Å². The summed E-state index contributed by atoms with van der Waals surface area (Å²) in [4.78, 5) is 21.2. The van der Waals surface area contributed by atoms with E-state index in [2.05, 4.69) is 15.2 Å². The van der Waals surface area contributed by atoms with Crippen LogP contribution in [-0.4, -0.2) is 24.7 Å². The van der Waals surface area contributed by atoms with Crippen molar-refractivity contribution >= 4 is 0 Å². The largest absolute Gasteiger partial charge is 0.415 e. The molecule has 0 amide bonds. The highest BCUT2D eigenvalue weighted by Gasteiger charge is 2.17. The van der Waals surface area contributed by atoms with Crippen molar-refractivity contribution in [2.24, 2.45) is 5.73 Å². The normalized spacial score (nSPS) is 12.3. The number of aromatic nitrogens is 5. The first-order valence-corrected chi connectivity index (χ1v) is 10.1. The van der Waals surface area contributed by atoms with Crippen LogP contribution >= 0.6 is 0 Å². The van der Waals surface area contributed by atoms with Gasteiger partial charge >= 0.3 is 0 Å². The summed E-state index contributed by atoms with van der Waals surface area (Å²) in [6, 6.07) is 11.0. The minimum Gasteiger partial charge on any atom is -0.415 e. The van der Waals surface area contributed by atoms with Gasteiger partial charge in [-0.2, -0.15) is 0 Å². The monoisotopic (exact) mass is 416 g/mol. The van der Waals surface area contributed by atoms with Crippen molar-refractivity contribution in [3.05, 3.63) is 70.4 Å². The molecule has 0 saturated heterocycles. The molecule has 1 unspecified atom stereocenters. The van der Waals surface area contributed by atoms with E-state index in [1.54, 1.807) is 23.0 Å². The van der Waals surface area contributed by atoms with E-state index in [1.807, 2.05) is 52.0 Å². The quantitative estimate of drug-likeness (QED) is 0.524. The van der Waals surface area contributed by atoms with E-state index in [4.69, 9.17) is 15.1 Å². The Balaban J connectivity index is 1.70. The Hall–Kier alpha value is -3.65. The Morgan fingerprint density at radius 1 is 0.968 bits per heavy atom. The van der Waals surface area contributed by atoms with E-state index < -0.39 is 0 Å². The predicted molar refractivity (Wildman–Crippen MR) is 118 cm³/mol. The fraction of sp³-hybridized carbons (Fsp3) is 0.261. The summed E-state index contributed by atoms with van der Waals surface area (Å²) >= 11 is 0. The van der Waals surface area contributed by atoms with Crippen molar-refractivity contribution < 1.29 is 4.42 Å². The van der Waals surface area contributed by atoms with Gasteiger partial charge in [0.05, 0.1) is 17.6 Å². The number of rotatable bonds is 5. The summed E-state index contributed by atoms with van der Waals surface area (Å²) in [6.45, 7) is 7.68. The number of nitrogens with two attached hydrogens (primary N) is 1. The minimum atomic E-state index is -0.0596. The highest BCUT2D eigenvalue weighted by Crippen LogP contribution is 2.27. The Kier molecular flexibility index (Phi) is 5.48. The Labute approximate surface area is 179 Å². The van der Waals surface area contributed by atoms with E-state index in [1.165, 1.54) is 6.07 Å². The Morgan fingerprint density at radius 3 is 2.32 bits per heavy atom. The second kappa shape index (κ2) is 8.23. The molecule has 31 heavy (non-hydrogen) atoms. The average molecular weight is 416 g/mol. The van der Waals surface area contributed by atoms with Crippen molar-refractivity contribution in [2.75, 3.05) is 0 Å². The molecule has 0 aliphatic rings. The summed E-state index contributed by atoms with van der Waals surface area (Å²) in [7, 11) is 0. The van der Waals surface area contributed by atoms with Crippen LogP contribution in [0.5, 0.6) is 0 Å². The SMILES string of the molecule is Cc1ncc(-c2ccc(=O)n(C(C)C)c2)nc1-c1nnc(-c2ccc(C(C)N)cc2)o1. The molecule has 3 aromatic heterocycles. The summed E-state index contributed by atoms with van der Waals surface area (Å²) in [6.07, 6.45) is 3.46. The van der Waals surface area contributed by atoms with Gasteiger partial charge in [-0.1, -0.05) is 12.1 Å². The van der Waals surface area contributed by atoms with Gasteiger partial charge in [0.2, 0.25) is 5.89 Å². The van der Waals surface area contributed by atoms with Crippen LogP contribution in [-0.2, 0) is 0 Å². The van der Waals surface area contributed by atoms with E-state index in [0.29, 0.717) is 23.0 Å². The number of pyridine rings is 1. The van der Waals surface area contributed by atoms with Crippen LogP contribution in [0.4, 0.5) is 0 Å². The molecule has 0 spiro atoms. The number of benzene rings is 1. The maximum atomic E-state index is 12.1. The third-order valence-corrected chi connectivity index (χ3v) is 5.06. The second-order valence-electron chi connectivity index (χ2n) is 7.77. The van der Waals surface area contributed by atoms with Gasteiger partial charge in [-0.05, 0) is 51.5 Å². The summed E-state index contributed by atoms with van der Waals surface area (Å²) < 4.78 is 7.56. The highest BCUT2D eigenvalue weighted by molar-refractivity contribution is 5.63. The van der Waals surface area contributed by atoms with Crippen LogP contribution in [0.15, 0.2) is 58.0 Å². The molecule has 1 atom stereocenters. The van der Waals surface area contributed by atoms with Crippen molar-refractivity contribution in [1.82, 2.24) is 24.7 Å². The lowest BCUT2D eigenvalue weighted by molar-refractivity contribution is 0.578. The van der Waals surface area contributed by atoms with Crippen LogP contribution < -0.4 is 11.3 Å². The van der Waals surface area contributed by atoms with Crippen LogP contribution in [0.2, 0.25) is 0 Å². The lowest BCUT2D eigenvalue weighted by Crippen LogP contribution is -2.20. The third kappa shape index (κ3) is 4.15. The molecule has 0 aliphatic heterocycles. The van der Waals surface area contributed by atoms with Crippen molar-refractivity contribution in [1.29, 1.82) is 0 Å². The van der Waals surface area contributed by atoms with Gasteiger partial charge in [0.15, 0.2) is 0 Å². The highest BCUT2D eigenvalue weighted by atomic mass is 16.4. The molecule has 0 bridgehead atoms. The second-order valence-corrected chi connectivity index (χ2v) is 7.77. The molecule has 1 aromatic carbocycles. The molecule has 4 aromatic rings. The zero-order chi connectivity index (χ0) is 22.1. The smallest absolute Gasteiger partial charge is 0.268 e. The van der Waals surface area contributed by atoms with E-state index >= 15 is 0 Å². The topological polar surface area (TPSA) is 113 Å². The zero-order valence-corrected chi connectivity index (χ0v) is 17.9. The lowest BCUT2D eigenvalue weighted by Gasteiger charge is -2.11. The fourth-order valence-electron chi connectivity index (χ4n) is 3.21. The van der Waals surface area contributed by atoms with Crippen LogP contribution in [0.1, 0.15) is 44.1 Å². The van der Waals surface area contributed by atoms with Gasteiger partial charge in [-0.15, -0.1) is 10.2 Å². The molecule has 8 heteroatoms. The number of hydrogen-bond acceptors (Lipinski definition) is 7. The summed E-state index contributed by atoms with van der Waals surface area (Å²) in [5.41, 5.74) is 10.3. The van der Waals surface area contributed by atoms with Gasteiger partial charge in [0.25, 0.3) is 11.4 Å². The van der Waals surface area contributed by atoms with Gasteiger partial charge in [-0.3, -0.25) is 9.78 Å². The van der Waals surface area contributed by atoms with Gasteiger partial charge in [0, 0.05) is 35.5 Å². The molecular formula is C23H24N6O2. The van der Waals surface area contributed by atoms with E-state index in [0.717, 1.165) is 16.7 Å². The van der Waals surface area contributed by atoms with E-state index in [9.17, 15) is 4.79 Å². The van der Waals surface area contributed by atoms with Crippen molar-refractivity contribution in [3.8, 4) is 34.3 Å². The van der Waals surface area contributed by atoms with Crippen molar-refractivity contribution in [3.63, 3.8) is 0 Å². The molecule has 0 aliphatic carbocycles. The molecule has 8 nitrogen and oxygen atoms in total. The third-order valence-electron chi connectivity index (χ3n) is 5.06. The number of aryl methyl sites for hydroxylation is 1. The average Bonchev–Trinajstić information content (AvgIpc) is 3.24. The minimum absolute atomic E-state index is 0.0393. The summed E-state index contributed by atoms with van der Waals surface area (Å²) in [5, 5.41) is 8.35. The predicted octanol–water partition coefficient (Wildman–Crippen LogP) is 3.93. The number of nitrogens with zero attached hydrogens (tertiary/aromatic N) is 5. The summed E-state index contributed by atoms with van der Waals surface area (Å²) in [5.74, 6) is 0.682. The molecule has 2 N–H and O–H groups in total. The first kappa shape index (κ1) is 20.6. The first-order valence-electron chi connectivity index (χ1n) is 10.1. The molecular weight excluding hydrogens is 392 g/mol. The Bertz CT molecular complexity index is 1270. The lowest BCUT2D eigenvalue weighted by atomic mass is 10.1. The van der Waals surface area contributed by atoms with Crippen LogP contribution in [0, 0.1) is 6.92 Å². The van der Waals surface area contributed by atoms with Gasteiger partial charge < -0.3 is 14.7 Å². The molecule has 0 radical (unpaired) electrons. The molecule has 0 fully saturated rings.